The summed E-state index contributed by atoms with van der Waals surface area (Å²) in [6.07, 6.45) is -93.5. The highest BCUT2D eigenvalue weighted by Crippen LogP contribution is 2.40. The summed E-state index contributed by atoms with van der Waals surface area (Å²) in [5.41, 5.74) is 0. The summed E-state index contributed by atoms with van der Waals surface area (Å²) < 4.78 is 233. The molecule has 8 aliphatic rings. The average molecular weight is 1860 g/mol. The number of nitrogens with one attached hydrogen (secondary N) is 4. The number of carbonyl (C=O) groups is 8. The fraction of sp³-hybridized carbons (Fsp3) is 0.857. The van der Waals surface area contributed by atoms with Crippen LogP contribution in [0.5, 0.6) is 0 Å². The number of aliphatic hydroxyl groups is 14. The highest BCUT2D eigenvalue weighted by Gasteiger charge is 2.63. The van der Waals surface area contributed by atoms with Gasteiger partial charge in [0.05, 0.1) is 26.4 Å². The number of aliphatic carboxylic acids is 4. The molecule has 61 nitrogen and oxygen atoms in total. The first-order valence-electron chi connectivity index (χ1n) is 34.7. The molecule has 1 unspecified atom stereocenters. The van der Waals surface area contributed by atoms with Gasteiger partial charge < -0.3 is 184 Å². The lowest BCUT2D eigenvalue weighted by atomic mass is 9.93. The minimum Gasteiger partial charge on any atom is -0.479 e. The van der Waals surface area contributed by atoms with Crippen molar-refractivity contribution in [2.75, 3.05) is 26.4 Å². The predicted molar refractivity (Wildman–Crippen MR) is 355 cm³/mol. The maximum atomic E-state index is 13.4. The second-order valence-electron chi connectivity index (χ2n) is 27.6. The van der Waals surface area contributed by atoms with E-state index in [1.54, 1.807) is 0 Å². The van der Waals surface area contributed by atoms with Gasteiger partial charge in [-0.1, -0.05) is 0 Å². The Hall–Kier alpha value is -5.92. The molecule has 8 saturated heterocycles. The van der Waals surface area contributed by atoms with Gasteiger partial charge in [0, 0.05) is 27.7 Å². The lowest BCUT2D eigenvalue weighted by molar-refractivity contribution is -0.380. The summed E-state index contributed by atoms with van der Waals surface area (Å²) in [6.45, 7) is -3.06. The number of carbonyl (C=O) groups excluding carboxylic acids is 4. The SMILES string of the molecule is CC(=O)N[C@H]1[C@H](O[C@H]2[C@H](O)[C@@H](O)[C@H](O[C@H]3[C@@H](O)[C@@H](COS(=O)(=O)O)O[C@@H](O[C@H]4[C@H](O)[C@@H](O)[C@H](O[C@H]5[C@@H](O)[C@@H](COS(=O)(=O)O)O[C@@H](O[C@H]6[C@H](O)[C@@H](O)[C@H](O[C@H]7[C@@H](O)[C@@H](COS(=O)(=O)O)OC(O)[C@@H]7NC(C)=O)O[C@@H]6C(=O)O)[C@@H]5NC(C)=O)O[C@@H]4C(=O)O)[C@@H]3NC(C)=O)O[C@@H]2C(=O)O)O[C@H](COS(=O)(=O)O)[C@H](O)[C@@H]1O[C@@H]1O[C@H](C(=O)O)[C@@H](O)[C@H](O)[C@H]1O. The second-order valence-corrected chi connectivity index (χ2v) is 31.9. The number of ether oxygens (including phenoxy) is 15. The minimum atomic E-state index is -5.66. The minimum absolute atomic E-state index is 0.685. The van der Waals surface area contributed by atoms with E-state index in [9.17, 15) is 178 Å². The number of hydrogen-bond donors (Lipinski definition) is 26. The van der Waals surface area contributed by atoms with Crippen LogP contribution in [-0.4, -0.2) is 463 Å². The van der Waals surface area contributed by atoms with Gasteiger partial charge >= 0.3 is 65.5 Å². The molecule has 0 saturated carbocycles. The molecule has 0 aromatic heterocycles. The third kappa shape index (κ3) is 25.3. The summed E-state index contributed by atoms with van der Waals surface area (Å²) in [5, 5.41) is 210. The van der Waals surface area contributed by atoms with Gasteiger partial charge in [0.15, 0.2) is 74.7 Å². The van der Waals surface area contributed by atoms with E-state index >= 15 is 0 Å². The van der Waals surface area contributed by atoms with Crippen LogP contribution in [0.4, 0.5) is 0 Å². The Balaban J connectivity index is 1.08. The van der Waals surface area contributed by atoms with Gasteiger partial charge in [-0.2, -0.15) is 33.7 Å². The van der Waals surface area contributed by atoms with Gasteiger partial charge in [-0.05, 0) is 0 Å². The lowest BCUT2D eigenvalue weighted by Gasteiger charge is -2.51. The summed E-state index contributed by atoms with van der Waals surface area (Å²) in [6, 6.07) is -9.04. The van der Waals surface area contributed by atoms with Crippen LogP contribution in [0.3, 0.4) is 0 Å². The van der Waals surface area contributed by atoms with Crippen LogP contribution in [-0.2, 0) is 168 Å². The van der Waals surface area contributed by atoms with Crippen molar-refractivity contribution in [1.29, 1.82) is 0 Å². The Morgan fingerprint density at radius 3 is 0.694 bits per heavy atom. The highest BCUT2D eigenvalue weighted by molar-refractivity contribution is 7.81. The van der Waals surface area contributed by atoms with Crippen molar-refractivity contribution >= 4 is 89.1 Å². The molecule has 40 atom stereocenters. The number of carboxylic acids is 4. The monoisotopic (exact) mass is 1850 g/mol. The zero-order chi connectivity index (χ0) is 90.8. The molecular weight excluding hydrogens is 1770 g/mol. The Morgan fingerprint density at radius 1 is 0.256 bits per heavy atom. The fourth-order valence-electron chi connectivity index (χ4n) is 13.5. The van der Waals surface area contributed by atoms with E-state index in [0.29, 0.717) is 13.8 Å². The van der Waals surface area contributed by atoms with Crippen LogP contribution in [0.2, 0.25) is 0 Å². The summed E-state index contributed by atoms with van der Waals surface area (Å²) in [5.74, 6) is -13.5. The van der Waals surface area contributed by atoms with Gasteiger partial charge in [0.2, 0.25) is 23.6 Å². The fourth-order valence-corrected chi connectivity index (χ4v) is 14.8. The van der Waals surface area contributed by atoms with Gasteiger partial charge in [0.1, 0.15) is 171 Å². The van der Waals surface area contributed by atoms with Crippen LogP contribution in [0, 0.1) is 0 Å². The smallest absolute Gasteiger partial charge is 0.397 e. The second kappa shape index (κ2) is 40.8. The zero-order valence-corrected chi connectivity index (χ0v) is 64.9. The van der Waals surface area contributed by atoms with Crippen molar-refractivity contribution in [3.63, 3.8) is 0 Å². The van der Waals surface area contributed by atoms with E-state index in [-0.39, 0.29) is 0 Å². The van der Waals surface area contributed by atoms with Crippen LogP contribution < -0.4 is 21.3 Å². The quantitative estimate of drug-likeness (QED) is 0.0266. The molecule has 8 fully saturated rings. The first-order valence-corrected chi connectivity index (χ1v) is 40.2. The molecule has 0 bridgehead atoms. The number of aliphatic hydroxyl groups excluding tert-OH is 14. The standard InChI is InChI=1S/C56H86N4O57S4/c1-9(61)57-17-34(21(65)13(103-49(17)86)5-99-118(87,88)89)107-54-31(75)27(71)38(42(115-54)46(80)81)111-51-19(59-11(3)63)36(23(67)15(105-51)7-101-120(93,94)95)109-56-33(77)29(73)40(44(117-56)48(84)85)113-52-20(60-12(4)64)37(24(68)16(106-52)8-102-121(96,97)98)110-55-32(76)28(72)39(43(116-55)47(82)83)112-50-18(58-10(2)62)35(22(66)14(104-50)6-100-119(90,91)92)108-53-30(74)25(69)26(70)41(114-53)45(78)79/h13-44,49-56,65-77,86H,5-8H2,1-4H3,(H,57,61)(H,58,62)(H,59,63)(H,60,64)(H,78,79)(H,80,81)(H,82,83)(H,84,85)(H,87,88,89)(H,90,91,92)(H,93,94,95)(H,96,97,98)/t13-,14-,15-,16-,17-,18-,19-,20-,21+,22+,23+,24+,25+,26+,27-,28-,29-,30-,31-,32-,33-,34-,35-,36-,37-,38+,39+,40+,41+,42+,43+,44+,49?,50+,51+,52+,53-,54-,55-,56-/m1/s1. The highest BCUT2D eigenvalue weighted by atomic mass is 32.3. The Bertz CT molecular complexity index is 4100. The van der Waals surface area contributed by atoms with E-state index in [2.05, 4.69) is 38.0 Å². The van der Waals surface area contributed by atoms with Gasteiger partial charge in [-0.3, -0.25) is 37.4 Å². The van der Waals surface area contributed by atoms with E-state index in [1.807, 2.05) is 0 Å². The number of amides is 4. The van der Waals surface area contributed by atoms with E-state index < -0.39 is 361 Å². The Kier molecular flexibility index (Phi) is 33.9. The topological polar surface area (TPSA) is 942 Å². The lowest BCUT2D eigenvalue weighted by Crippen LogP contribution is -2.72. The molecule has 26 N–H and O–H groups in total. The van der Waals surface area contributed by atoms with Crippen LogP contribution in [0.1, 0.15) is 27.7 Å². The van der Waals surface area contributed by atoms with Gasteiger partial charge in [0.25, 0.3) is 0 Å². The number of hydrogen-bond acceptors (Lipinski definition) is 49. The zero-order valence-electron chi connectivity index (χ0n) is 61.7. The van der Waals surface area contributed by atoms with Crippen LogP contribution >= 0.6 is 0 Å². The van der Waals surface area contributed by atoms with Crippen LogP contribution in [0.25, 0.3) is 0 Å². The predicted octanol–water partition coefficient (Wildman–Crippen LogP) is -18.2. The maximum Gasteiger partial charge on any atom is 0.397 e. The Labute approximate surface area is 677 Å². The molecule has 65 heteroatoms. The molecule has 696 valence electrons. The van der Waals surface area contributed by atoms with E-state index in [4.69, 9.17) is 75.6 Å². The summed E-state index contributed by atoms with van der Waals surface area (Å²) in [4.78, 5) is 103. The third-order valence-electron chi connectivity index (χ3n) is 18.9. The summed E-state index contributed by atoms with van der Waals surface area (Å²) in [7, 11) is -22.1. The maximum absolute atomic E-state index is 13.4. The molecule has 8 aliphatic heterocycles. The normalized spacial score (nSPS) is 42.7. The molecule has 0 aromatic rings. The van der Waals surface area contributed by atoms with Crippen molar-refractivity contribution in [3.8, 4) is 0 Å². The molecule has 0 radical (unpaired) electrons. The van der Waals surface area contributed by atoms with Crippen molar-refractivity contribution in [2.24, 2.45) is 0 Å². The van der Waals surface area contributed by atoms with E-state index in [0.717, 1.165) is 13.8 Å². The van der Waals surface area contributed by atoms with E-state index in [1.165, 1.54) is 0 Å². The summed E-state index contributed by atoms with van der Waals surface area (Å²) >= 11 is 0. The van der Waals surface area contributed by atoms with Gasteiger partial charge in [-0.15, -0.1) is 0 Å². The van der Waals surface area contributed by atoms with Crippen molar-refractivity contribution in [2.45, 2.75) is 273 Å². The first kappa shape index (κ1) is 100. The number of rotatable bonds is 34. The largest absolute Gasteiger partial charge is 0.479 e. The molecule has 0 aromatic carbocycles. The molecule has 8 rings (SSSR count). The third-order valence-corrected chi connectivity index (χ3v) is 20.7. The van der Waals surface area contributed by atoms with Crippen molar-refractivity contribution in [1.82, 2.24) is 21.3 Å². The molecule has 8 heterocycles. The van der Waals surface area contributed by atoms with Gasteiger partial charge in [-0.25, -0.2) is 35.9 Å². The van der Waals surface area contributed by atoms with Crippen LogP contribution in [0.15, 0.2) is 0 Å². The molecule has 0 aliphatic carbocycles. The molecule has 121 heavy (non-hydrogen) atoms. The van der Waals surface area contributed by atoms with Crippen molar-refractivity contribution in [3.05, 3.63) is 0 Å². The van der Waals surface area contributed by atoms with Crippen molar-refractivity contribution < 1.29 is 270 Å². The Morgan fingerprint density at radius 2 is 0.463 bits per heavy atom. The molecule has 0 spiro atoms. The first-order chi connectivity index (χ1) is 55.9. The molecular formula is C56H86N4O57S4. The molecule has 4 amide bonds. The average Bonchev–Trinajstić information content (AvgIpc) is 0.766. The number of carboxylic acid groups (broad SMARTS) is 4.